The van der Waals surface area contributed by atoms with E-state index in [1.165, 1.54) is 34.0 Å². The second-order valence-electron chi connectivity index (χ2n) is 5.91. The van der Waals surface area contributed by atoms with Crippen molar-refractivity contribution in [2.75, 3.05) is 20.1 Å². The number of fused-ring (bicyclic) bond motifs is 2. The lowest BCUT2D eigenvalue weighted by Gasteiger charge is -2.09. The second kappa shape index (κ2) is 5.58. The first kappa shape index (κ1) is 13.7. The van der Waals surface area contributed by atoms with E-state index < -0.39 is 0 Å². The minimum absolute atomic E-state index is 1.09. The van der Waals surface area contributed by atoms with Gasteiger partial charge < -0.3 is 9.88 Å². The highest BCUT2D eigenvalue weighted by Gasteiger charge is 2.19. The summed E-state index contributed by atoms with van der Waals surface area (Å²) < 4.78 is 2.29. The summed E-state index contributed by atoms with van der Waals surface area (Å²) in [7, 11) is 4.19. The van der Waals surface area contributed by atoms with Crippen molar-refractivity contribution in [2.45, 2.75) is 32.9 Å². The minimum atomic E-state index is 1.09. The maximum atomic E-state index is 3.23. The summed E-state index contributed by atoms with van der Waals surface area (Å²) in [6.45, 7) is 6.70. The summed E-state index contributed by atoms with van der Waals surface area (Å²) in [6.07, 6.45) is 4.68. The van der Waals surface area contributed by atoms with E-state index in [-0.39, 0.29) is 0 Å². The standard InChI is InChI=1S/C17H25N3/c1-4-20-11-14-8-16-13(6-5-7-18-2)10-19(3)17(16)9-15(14)12-20/h8-10,18H,4-7,11-12H2,1-3H3. The number of rotatable bonds is 5. The third-order valence-corrected chi connectivity index (χ3v) is 4.50. The van der Waals surface area contributed by atoms with Gasteiger partial charge in [-0.25, -0.2) is 0 Å². The zero-order valence-electron chi connectivity index (χ0n) is 12.9. The molecule has 1 aliphatic rings. The number of aryl methyl sites for hydroxylation is 2. The predicted molar refractivity (Wildman–Crippen MR) is 85.0 cm³/mol. The number of hydrogen-bond acceptors (Lipinski definition) is 2. The van der Waals surface area contributed by atoms with Crippen LogP contribution >= 0.6 is 0 Å². The van der Waals surface area contributed by atoms with Crippen molar-refractivity contribution in [3.05, 3.63) is 35.0 Å². The van der Waals surface area contributed by atoms with Gasteiger partial charge in [-0.05, 0) is 61.8 Å². The van der Waals surface area contributed by atoms with Gasteiger partial charge in [0.05, 0.1) is 0 Å². The SMILES string of the molecule is CCN1Cc2cc3c(CCCNC)cn(C)c3cc2C1. The molecule has 3 rings (SSSR count). The normalized spacial score (nSPS) is 15.2. The second-order valence-corrected chi connectivity index (χ2v) is 5.91. The lowest BCUT2D eigenvalue weighted by Crippen LogP contribution is -2.14. The molecule has 0 saturated heterocycles. The van der Waals surface area contributed by atoms with Crippen LogP contribution in [0.3, 0.4) is 0 Å². The van der Waals surface area contributed by atoms with Crippen molar-refractivity contribution in [3.63, 3.8) is 0 Å². The van der Waals surface area contributed by atoms with Gasteiger partial charge in [0.2, 0.25) is 0 Å². The zero-order chi connectivity index (χ0) is 14.1. The first-order valence-electron chi connectivity index (χ1n) is 7.69. The van der Waals surface area contributed by atoms with Gasteiger partial charge >= 0.3 is 0 Å². The molecule has 1 N–H and O–H groups in total. The fourth-order valence-corrected chi connectivity index (χ4v) is 3.31. The molecule has 0 spiro atoms. The van der Waals surface area contributed by atoms with Crippen molar-refractivity contribution >= 4 is 10.9 Å². The van der Waals surface area contributed by atoms with E-state index in [0.29, 0.717) is 0 Å². The summed E-state index contributed by atoms with van der Waals surface area (Å²) in [5, 5.41) is 4.69. The van der Waals surface area contributed by atoms with Crippen LogP contribution in [0.15, 0.2) is 18.3 Å². The van der Waals surface area contributed by atoms with E-state index in [0.717, 1.165) is 32.6 Å². The van der Waals surface area contributed by atoms with Crippen LogP contribution in [0.25, 0.3) is 10.9 Å². The van der Waals surface area contributed by atoms with Crippen LogP contribution in [0.2, 0.25) is 0 Å². The Balaban J connectivity index is 1.95. The number of aromatic nitrogens is 1. The predicted octanol–water partition coefficient (Wildman–Crippen LogP) is 2.67. The van der Waals surface area contributed by atoms with Crippen molar-refractivity contribution in [1.82, 2.24) is 14.8 Å². The van der Waals surface area contributed by atoms with Gasteiger partial charge in [-0.3, -0.25) is 4.90 Å². The smallest absolute Gasteiger partial charge is 0.0484 e. The van der Waals surface area contributed by atoms with Crippen molar-refractivity contribution in [3.8, 4) is 0 Å². The Morgan fingerprint density at radius 1 is 1.20 bits per heavy atom. The van der Waals surface area contributed by atoms with Crippen LogP contribution in [-0.2, 0) is 26.6 Å². The molecule has 20 heavy (non-hydrogen) atoms. The van der Waals surface area contributed by atoms with Crippen molar-refractivity contribution in [2.24, 2.45) is 7.05 Å². The van der Waals surface area contributed by atoms with Crippen LogP contribution in [0.1, 0.15) is 30.0 Å². The Kier molecular flexibility index (Phi) is 3.81. The third-order valence-electron chi connectivity index (χ3n) is 4.50. The zero-order valence-corrected chi connectivity index (χ0v) is 12.9. The Hall–Kier alpha value is -1.32. The van der Waals surface area contributed by atoms with E-state index in [4.69, 9.17) is 0 Å². The van der Waals surface area contributed by atoms with Gasteiger partial charge in [0, 0.05) is 37.2 Å². The number of benzene rings is 1. The molecule has 3 heteroatoms. The summed E-state index contributed by atoms with van der Waals surface area (Å²) in [6, 6.07) is 4.84. The van der Waals surface area contributed by atoms with Gasteiger partial charge in [-0.1, -0.05) is 6.92 Å². The van der Waals surface area contributed by atoms with Gasteiger partial charge in [0.1, 0.15) is 0 Å². The highest BCUT2D eigenvalue weighted by Crippen LogP contribution is 2.30. The van der Waals surface area contributed by atoms with Gasteiger partial charge in [0.25, 0.3) is 0 Å². The number of hydrogen-bond donors (Lipinski definition) is 1. The van der Waals surface area contributed by atoms with Crippen LogP contribution < -0.4 is 5.32 Å². The quantitative estimate of drug-likeness (QED) is 0.844. The average molecular weight is 271 g/mol. The molecular weight excluding hydrogens is 246 g/mol. The molecule has 3 nitrogen and oxygen atoms in total. The first-order valence-corrected chi connectivity index (χ1v) is 7.69. The molecule has 2 aromatic rings. The lowest BCUT2D eigenvalue weighted by atomic mass is 10.0. The van der Waals surface area contributed by atoms with E-state index in [2.05, 4.69) is 47.1 Å². The molecule has 0 bridgehead atoms. The molecule has 0 atom stereocenters. The highest BCUT2D eigenvalue weighted by molar-refractivity contribution is 5.85. The molecule has 0 aliphatic carbocycles. The maximum Gasteiger partial charge on any atom is 0.0484 e. The van der Waals surface area contributed by atoms with Gasteiger partial charge in [-0.2, -0.15) is 0 Å². The molecule has 0 fully saturated rings. The molecule has 1 aromatic heterocycles. The van der Waals surface area contributed by atoms with Crippen LogP contribution in [0.4, 0.5) is 0 Å². The lowest BCUT2D eigenvalue weighted by molar-refractivity contribution is 0.301. The monoisotopic (exact) mass is 271 g/mol. The van der Waals surface area contributed by atoms with Crippen LogP contribution in [-0.4, -0.2) is 29.6 Å². The molecule has 1 aromatic carbocycles. The maximum absolute atomic E-state index is 3.23. The van der Waals surface area contributed by atoms with Crippen LogP contribution in [0, 0.1) is 0 Å². The van der Waals surface area contributed by atoms with Crippen LogP contribution in [0.5, 0.6) is 0 Å². The highest BCUT2D eigenvalue weighted by atomic mass is 15.1. The Bertz CT molecular complexity index is 612. The summed E-state index contributed by atoms with van der Waals surface area (Å²) in [4.78, 5) is 2.50. The Morgan fingerprint density at radius 2 is 1.95 bits per heavy atom. The first-order chi connectivity index (χ1) is 9.72. The third kappa shape index (κ3) is 2.36. The summed E-state index contributed by atoms with van der Waals surface area (Å²) >= 11 is 0. The molecule has 108 valence electrons. The molecule has 0 saturated carbocycles. The summed E-state index contributed by atoms with van der Waals surface area (Å²) in [5.74, 6) is 0. The Labute approximate surface area is 121 Å². The fraction of sp³-hybridized carbons (Fsp3) is 0.529. The van der Waals surface area contributed by atoms with E-state index in [1.807, 2.05) is 7.05 Å². The van der Waals surface area contributed by atoms with Crippen molar-refractivity contribution < 1.29 is 0 Å². The molecule has 0 unspecified atom stereocenters. The number of nitrogens with zero attached hydrogens (tertiary/aromatic N) is 2. The molecule has 1 aliphatic heterocycles. The van der Waals surface area contributed by atoms with E-state index >= 15 is 0 Å². The average Bonchev–Trinajstić information content (AvgIpc) is 2.98. The van der Waals surface area contributed by atoms with E-state index in [9.17, 15) is 0 Å². The van der Waals surface area contributed by atoms with Gasteiger partial charge in [0.15, 0.2) is 0 Å². The molecule has 0 amide bonds. The van der Waals surface area contributed by atoms with Gasteiger partial charge in [-0.15, -0.1) is 0 Å². The molecule has 0 radical (unpaired) electrons. The Morgan fingerprint density at radius 3 is 2.65 bits per heavy atom. The minimum Gasteiger partial charge on any atom is -0.350 e. The fourth-order valence-electron chi connectivity index (χ4n) is 3.31. The number of nitrogens with one attached hydrogen (secondary N) is 1. The van der Waals surface area contributed by atoms with E-state index in [1.54, 1.807) is 0 Å². The summed E-state index contributed by atoms with van der Waals surface area (Å²) in [5.41, 5.74) is 5.93. The topological polar surface area (TPSA) is 20.2 Å². The van der Waals surface area contributed by atoms with Crippen molar-refractivity contribution in [1.29, 1.82) is 0 Å². The molecular formula is C17H25N3. The largest absolute Gasteiger partial charge is 0.350 e. The molecule has 2 heterocycles.